The fraction of sp³-hybridized carbons (Fsp3) is 0.923. The van der Waals surface area contributed by atoms with Crippen LogP contribution in [-0.2, 0) is 14.8 Å². The minimum absolute atomic E-state index is 0.0271. The number of aliphatic hydroxyl groups is 1. The van der Waals surface area contributed by atoms with Crippen molar-refractivity contribution in [2.75, 3.05) is 18.8 Å². The molecule has 1 aliphatic rings. The largest absolute Gasteiger partial charge is 0.390 e. The van der Waals surface area contributed by atoms with Crippen LogP contribution in [0.15, 0.2) is 0 Å². The van der Waals surface area contributed by atoms with Gasteiger partial charge in [-0.3, -0.25) is 4.79 Å². The molecule has 6 nitrogen and oxygen atoms in total. The Morgan fingerprint density at radius 1 is 1.40 bits per heavy atom. The SMILES string of the molecule is CCCS(=O)(=O)NC(C)C(=O)N1CCCC(C)(O)CC1. The number of nitrogens with zero attached hydrogens (tertiary/aromatic N) is 1. The van der Waals surface area contributed by atoms with Crippen LogP contribution in [0.4, 0.5) is 0 Å². The predicted molar refractivity (Wildman–Crippen MR) is 77.7 cm³/mol. The molecule has 1 fully saturated rings. The van der Waals surface area contributed by atoms with Crippen molar-refractivity contribution in [1.29, 1.82) is 0 Å². The number of carbonyl (C=O) groups is 1. The highest BCUT2D eigenvalue weighted by Gasteiger charge is 2.30. The molecular formula is C13H26N2O4S. The minimum atomic E-state index is -3.39. The van der Waals surface area contributed by atoms with Gasteiger partial charge in [-0.1, -0.05) is 6.92 Å². The van der Waals surface area contributed by atoms with Crippen molar-refractivity contribution < 1.29 is 18.3 Å². The van der Waals surface area contributed by atoms with E-state index in [1.165, 1.54) is 0 Å². The van der Waals surface area contributed by atoms with Crippen LogP contribution in [0.1, 0.15) is 46.5 Å². The molecule has 2 N–H and O–H groups in total. The van der Waals surface area contributed by atoms with Gasteiger partial charge in [0, 0.05) is 13.1 Å². The molecule has 7 heteroatoms. The van der Waals surface area contributed by atoms with Crippen molar-refractivity contribution in [2.24, 2.45) is 0 Å². The minimum Gasteiger partial charge on any atom is -0.390 e. The first-order valence-corrected chi connectivity index (χ1v) is 8.83. The van der Waals surface area contributed by atoms with Gasteiger partial charge in [-0.25, -0.2) is 13.1 Å². The Kier molecular flexibility index (Phi) is 5.97. The summed E-state index contributed by atoms with van der Waals surface area (Å²) in [6, 6.07) is -0.755. The second-order valence-corrected chi connectivity index (χ2v) is 7.71. The Balaban J connectivity index is 2.61. The van der Waals surface area contributed by atoms with Gasteiger partial charge >= 0.3 is 0 Å². The molecular weight excluding hydrogens is 280 g/mol. The molecule has 1 amide bonds. The van der Waals surface area contributed by atoms with E-state index in [0.717, 1.165) is 6.42 Å². The van der Waals surface area contributed by atoms with Gasteiger partial charge in [0.2, 0.25) is 15.9 Å². The maximum atomic E-state index is 12.3. The summed E-state index contributed by atoms with van der Waals surface area (Å²) in [6.07, 6.45) is 2.43. The van der Waals surface area contributed by atoms with E-state index in [-0.39, 0.29) is 11.7 Å². The van der Waals surface area contributed by atoms with Gasteiger partial charge in [-0.05, 0) is 39.5 Å². The topological polar surface area (TPSA) is 86.7 Å². The Hall–Kier alpha value is -0.660. The molecule has 20 heavy (non-hydrogen) atoms. The monoisotopic (exact) mass is 306 g/mol. The molecule has 118 valence electrons. The normalized spacial score (nSPS) is 26.1. The van der Waals surface area contributed by atoms with E-state index in [2.05, 4.69) is 4.72 Å². The second kappa shape index (κ2) is 6.87. The third kappa shape index (κ3) is 5.38. The first-order chi connectivity index (χ1) is 9.17. The van der Waals surface area contributed by atoms with Crippen LogP contribution in [0.5, 0.6) is 0 Å². The molecule has 0 aromatic rings. The standard InChI is InChI=1S/C13H26N2O4S/c1-4-10-20(18,19)14-11(2)12(16)15-8-5-6-13(3,17)7-9-15/h11,14,17H,4-10H2,1-3H3. The Morgan fingerprint density at radius 2 is 2.05 bits per heavy atom. The van der Waals surface area contributed by atoms with Gasteiger partial charge in [0.05, 0.1) is 17.4 Å². The van der Waals surface area contributed by atoms with Gasteiger partial charge in [0.1, 0.15) is 0 Å². The molecule has 0 spiro atoms. The first-order valence-electron chi connectivity index (χ1n) is 7.18. The summed E-state index contributed by atoms with van der Waals surface area (Å²) in [7, 11) is -3.39. The number of hydrogen-bond acceptors (Lipinski definition) is 4. The van der Waals surface area contributed by atoms with Crippen LogP contribution in [0, 0.1) is 0 Å². The lowest BCUT2D eigenvalue weighted by molar-refractivity contribution is -0.132. The zero-order chi connectivity index (χ0) is 15.4. The van der Waals surface area contributed by atoms with Gasteiger partial charge in [-0.15, -0.1) is 0 Å². The summed E-state index contributed by atoms with van der Waals surface area (Å²) in [5.41, 5.74) is -0.736. The van der Waals surface area contributed by atoms with Crippen molar-refractivity contribution in [2.45, 2.75) is 58.1 Å². The van der Waals surface area contributed by atoms with E-state index in [0.29, 0.717) is 32.4 Å². The van der Waals surface area contributed by atoms with Crippen molar-refractivity contribution in [3.05, 3.63) is 0 Å². The lowest BCUT2D eigenvalue weighted by Gasteiger charge is -2.25. The number of hydrogen-bond donors (Lipinski definition) is 2. The van der Waals surface area contributed by atoms with E-state index in [1.54, 1.807) is 25.7 Å². The molecule has 1 rings (SSSR count). The fourth-order valence-corrected chi connectivity index (χ4v) is 3.70. The van der Waals surface area contributed by atoms with Gasteiger partial charge in [-0.2, -0.15) is 0 Å². The van der Waals surface area contributed by atoms with Gasteiger partial charge < -0.3 is 10.0 Å². The van der Waals surface area contributed by atoms with E-state index in [4.69, 9.17) is 0 Å². The summed E-state index contributed by atoms with van der Waals surface area (Å²) in [5, 5.41) is 10.00. The van der Waals surface area contributed by atoms with Gasteiger partial charge in [0.25, 0.3) is 0 Å². The van der Waals surface area contributed by atoms with Crippen LogP contribution in [0.25, 0.3) is 0 Å². The molecule has 2 unspecified atom stereocenters. The zero-order valence-corrected chi connectivity index (χ0v) is 13.4. The highest BCUT2D eigenvalue weighted by atomic mass is 32.2. The van der Waals surface area contributed by atoms with E-state index in [1.807, 2.05) is 0 Å². The fourth-order valence-electron chi connectivity index (χ4n) is 2.41. The molecule has 1 aliphatic heterocycles. The van der Waals surface area contributed by atoms with Gasteiger partial charge in [0.15, 0.2) is 0 Å². The molecule has 0 aromatic carbocycles. The third-order valence-electron chi connectivity index (χ3n) is 3.57. The van der Waals surface area contributed by atoms with Crippen LogP contribution >= 0.6 is 0 Å². The predicted octanol–water partition coefficient (Wildman–Crippen LogP) is 0.468. The molecule has 0 bridgehead atoms. The molecule has 0 aromatic heterocycles. The van der Waals surface area contributed by atoms with E-state index in [9.17, 15) is 18.3 Å². The van der Waals surface area contributed by atoms with Crippen LogP contribution in [0.3, 0.4) is 0 Å². The number of sulfonamides is 1. The summed E-state index contributed by atoms with van der Waals surface area (Å²) >= 11 is 0. The number of nitrogens with one attached hydrogen (secondary N) is 1. The van der Waals surface area contributed by atoms with Crippen LogP contribution < -0.4 is 4.72 Å². The Labute approximate surface area is 121 Å². The molecule has 1 heterocycles. The van der Waals surface area contributed by atoms with Crippen molar-refractivity contribution in [3.8, 4) is 0 Å². The van der Waals surface area contributed by atoms with Crippen LogP contribution in [-0.4, -0.2) is 54.8 Å². The number of amides is 1. The quantitative estimate of drug-likeness (QED) is 0.773. The lowest BCUT2D eigenvalue weighted by Crippen LogP contribution is -2.47. The highest BCUT2D eigenvalue weighted by molar-refractivity contribution is 7.89. The van der Waals surface area contributed by atoms with E-state index >= 15 is 0 Å². The smallest absolute Gasteiger partial charge is 0.240 e. The second-order valence-electron chi connectivity index (χ2n) is 5.83. The molecule has 0 saturated carbocycles. The van der Waals surface area contributed by atoms with Crippen molar-refractivity contribution >= 4 is 15.9 Å². The highest BCUT2D eigenvalue weighted by Crippen LogP contribution is 2.21. The number of rotatable bonds is 5. The lowest BCUT2D eigenvalue weighted by atomic mass is 9.98. The van der Waals surface area contributed by atoms with Crippen LogP contribution in [0.2, 0.25) is 0 Å². The molecule has 0 radical (unpaired) electrons. The Morgan fingerprint density at radius 3 is 2.65 bits per heavy atom. The maximum Gasteiger partial charge on any atom is 0.240 e. The summed E-state index contributed by atoms with van der Waals surface area (Å²) in [5.74, 6) is -0.193. The average Bonchev–Trinajstić information content (AvgIpc) is 2.48. The summed E-state index contributed by atoms with van der Waals surface area (Å²) in [6.45, 7) is 6.15. The van der Waals surface area contributed by atoms with E-state index < -0.39 is 21.7 Å². The molecule has 2 atom stereocenters. The number of likely N-dealkylation sites (tertiary alicyclic amines) is 1. The third-order valence-corrected chi connectivity index (χ3v) is 5.23. The first kappa shape index (κ1) is 17.4. The maximum absolute atomic E-state index is 12.3. The number of carbonyl (C=O) groups excluding carboxylic acids is 1. The zero-order valence-electron chi connectivity index (χ0n) is 12.6. The molecule has 0 aliphatic carbocycles. The average molecular weight is 306 g/mol. The summed E-state index contributed by atoms with van der Waals surface area (Å²) in [4.78, 5) is 13.9. The molecule has 1 saturated heterocycles. The Bertz CT molecular complexity index is 434. The summed E-state index contributed by atoms with van der Waals surface area (Å²) < 4.78 is 25.8. The van der Waals surface area contributed by atoms with Crippen molar-refractivity contribution in [3.63, 3.8) is 0 Å². The van der Waals surface area contributed by atoms with Crippen molar-refractivity contribution in [1.82, 2.24) is 9.62 Å².